The molecule has 0 saturated carbocycles. The number of carbonyl (C=O) groups is 1. The largest absolute Gasteiger partial charge is 0.462 e. The number of hydrogen-bond donors (Lipinski definition) is 1. The molecule has 0 amide bonds. The Hall–Kier alpha value is -2.95. The van der Waals surface area contributed by atoms with Gasteiger partial charge in [0.2, 0.25) is 0 Å². The fourth-order valence-electron chi connectivity index (χ4n) is 2.68. The van der Waals surface area contributed by atoms with Gasteiger partial charge in [0.25, 0.3) is 0 Å². The summed E-state index contributed by atoms with van der Waals surface area (Å²) in [5, 5.41) is 4.16. The van der Waals surface area contributed by atoms with E-state index in [4.69, 9.17) is 4.74 Å². The summed E-state index contributed by atoms with van der Waals surface area (Å²) >= 11 is 0. The summed E-state index contributed by atoms with van der Waals surface area (Å²) < 4.78 is 5.18. The Morgan fingerprint density at radius 3 is 2.80 bits per heavy atom. The van der Waals surface area contributed by atoms with E-state index in [2.05, 4.69) is 34.3 Å². The van der Waals surface area contributed by atoms with Crippen molar-refractivity contribution in [2.45, 2.75) is 27.2 Å². The van der Waals surface area contributed by atoms with Crippen molar-refractivity contribution in [2.75, 3.05) is 11.9 Å². The van der Waals surface area contributed by atoms with Crippen molar-refractivity contribution >= 4 is 28.4 Å². The highest BCUT2D eigenvalue weighted by molar-refractivity contribution is 6.05. The lowest BCUT2D eigenvalue weighted by atomic mass is 10.1. The van der Waals surface area contributed by atoms with Crippen molar-refractivity contribution in [3.05, 3.63) is 59.4 Å². The van der Waals surface area contributed by atoms with Crippen molar-refractivity contribution in [3.63, 3.8) is 0 Å². The number of fused-ring (bicyclic) bond motifs is 1. The van der Waals surface area contributed by atoms with E-state index in [1.165, 1.54) is 11.8 Å². The number of hydrogen-bond acceptors (Lipinski definition) is 5. The van der Waals surface area contributed by atoms with Gasteiger partial charge >= 0.3 is 5.97 Å². The Labute approximate surface area is 147 Å². The first-order valence-corrected chi connectivity index (χ1v) is 8.41. The molecule has 3 aromatic rings. The van der Waals surface area contributed by atoms with Crippen LogP contribution in [0, 0.1) is 6.92 Å². The van der Waals surface area contributed by atoms with Gasteiger partial charge in [-0.2, -0.15) is 0 Å². The molecule has 5 heteroatoms. The minimum atomic E-state index is -0.397. The number of nitrogens with one attached hydrogen (secondary N) is 1. The highest BCUT2D eigenvalue weighted by atomic mass is 16.5. The number of ether oxygens (including phenoxy) is 1. The summed E-state index contributed by atoms with van der Waals surface area (Å²) in [5.74, 6) is -0.397. The lowest BCUT2D eigenvalue weighted by Crippen LogP contribution is -2.09. The second-order valence-corrected chi connectivity index (χ2v) is 5.77. The molecule has 0 aliphatic carbocycles. The number of rotatable bonds is 5. The average Bonchev–Trinajstić information content (AvgIpc) is 2.62. The predicted molar refractivity (Wildman–Crippen MR) is 99.3 cm³/mol. The van der Waals surface area contributed by atoms with Gasteiger partial charge in [-0.15, -0.1) is 0 Å². The molecule has 0 saturated heterocycles. The number of benzene rings is 1. The van der Waals surface area contributed by atoms with Crippen molar-refractivity contribution in [1.29, 1.82) is 0 Å². The molecule has 1 aromatic carbocycles. The van der Waals surface area contributed by atoms with E-state index < -0.39 is 5.97 Å². The minimum Gasteiger partial charge on any atom is -0.462 e. The topological polar surface area (TPSA) is 64.1 Å². The second-order valence-electron chi connectivity index (χ2n) is 5.77. The van der Waals surface area contributed by atoms with Crippen LogP contribution in [0.3, 0.4) is 0 Å². The number of aromatic nitrogens is 2. The van der Waals surface area contributed by atoms with Gasteiger partial charge in [-0.3, -0.25) is 0 Å². The SMILES string of the molecule is CCOC(=O)c1cnc2nc(C)ccc2c1Nc1cccc(CC)c1. The van der Waals surface area contributed by atoms with E-state index in [-0.39, 0.29) is 0 Å². The zero-order chi connectivity index (χ0) is 17.8. The van der Waals surface area contributed by atoms with Crippen molar-refractivity contribution in [1.82, 2.24) is 9.97 Å². The molecule has 3 rings (SSSR count). The van der Waals surface area contributed by atoms with E-state index in [0.717, 1.165) is 23.2 Å². The van der Waals surface area contributed by atoms with Gasteiger partial charge in [0.1, 0.15) is 5.56 Å². The highest BCUT2D eigenvalue weighted by Crippen LogP contribution is 2.29. The van der Waals surface area contributed by atoms with Crippen LogP contribution in [-0.4, -0.2) is 22.5 Å². The molecule has 0 fully saturated rings. The molecule has 1 N–H and O–H groups in total. The Morgan fingerprint density at radius 2 is 2.04 bits per heavy atom. The van der Waals surface area contributed by atoms with E-state index in [0.29, 0.717) is 23.5 Å². The van der Waals surface area contributed by atoms with Crippen molar-refractivity contribution in [2.24, 2.45) is 0 Å². The fourth-order valence-corrected chi connectivity index (χ4v) is 2.68. The Balaban J connectivity index is 2.14. The first-order valence-electron chi connectivity index (χ1n) is 8.41. The number of carbonyl (C=O) groups excluding carboxylic acids is 1. The third kappa shape index (κ3) is 3.60. The summed E-state index contributed by atoms with van der Waals surface area (Å²) in [7, 11) is 0. The molecular weight excluding hydrogens is 314 g/mol. The quantitative estimate of drug-likeness (QED) is 0.699. The average molecular weight is 335 g/mol. The van der Waals surface area contributed by atoms with Crippen LogP contribution >= 0.6 is 0 Å². The van der Waals surface area contributed by atoms with Crippen molar-refractivity contribution < 1.29 is 9.53 Å². The van der Waals surface area contributed by atoms with Gasteiger partial charge in [0.15, 0.2) is 5.65 Å². The van der Waals surface area contributed by atoms with Crippen molar-refractivity contribution in [3.8, 4) is 0 Å². The van der Waals surface area contributed by atoms with Crippen LogP contribution < -0.4 is 5.32 Å². The molecule has 2 heterocycles. The van der Waals surface area contributed by atoms with E-state index in [1.54, 1.807) is 6.92 Å². The molecule has 0 aliphatic rings. The van der Waals surface area contributed by atoms with Crippen LogP contribution in [0.5, 0.6) is 0 Å². The molecule has 0 bridgehead atoms. The van der Waals surface area contributed by atoms with Crippen LogP contribution in [0.1, 0.15) is 35.5 Å². The standard InChI is InChI=1S/C20H21N3O2/c1-4-14-7-6-8-15(11-14)23-18-16-10-9-13(3)22-19(16)21-12-17(18)20(24)25-5-2/h6-12H,4-5H2,1-3H3,(H,21,22,23). The monoisotopic (exact) mass is 335 g/mol. The summed E-state index contributed by atoms with van der Waals surface area (Å²) in [6.45, 7) is 6.12. The van der Waals surface area contributed by atoms with Crippen LogP contribution in [0.25, 0.3) is 11.0 Å². The molecule has 128 valence electrons. The summed E-state index contributed by atoms with van der Waals surface area (Å²) in [4.78, 5) is 21.2. The number of esters is 1. The molecule has 0 unspecified atom stereocenters. The lowest BCUT2D eigenvalue weighted by Gasteiger charge is -2.14. The van der Waals surface area contributed by atoms with Gasteiger partial charge in [0.05, 0.1) is 12.3 Å². The second kappa shape index (κ2) is 7.30. The zero-order valence-corrected chi connectivity index (χ0v) is 14.7. The number of aryl methyl sites for hydroxylation is 2. The maximum absolute atomic E-state index is 12.4. The van der Waals surface area contributed by atoms with Crippen LogP contribution in [0.4, 0.5) is 11.4 Å². The van der Waals surface area contributed by atoms with Crippen LogP contribution in [0.2, 0.25) is 0 Å². The summed E-state index contributed by atoms with van der Waals surface area (Å²) in [6, 6.07) is 12.0. The van der Waals surface area contributed by atoms with Gasteiger partial charge in [0, 0.05) is 23.0 Å². The molecule has 0 aliphatic heterocycles. The normalized spacial score (nSPS) is 10.7. The van der Waals surface area contributed by atoms with E-state index in [1.807, 2.05) is 31.2 Å². The predicted octanol–water partition coefficient (Wildman–Crippen LogP) is 4.42. The molecule has 0 spiro atoms. The minimum absolute atomic E-state index is 0.313. The fraction of sp³-hybridized carbons (Fsp3) is 0.250. The Kier molecular flexibility index (Phi) is 4.93. The van der Waals surface area contributed by atoms with Gasteiger partial charge in [-0.25, -0.2) is 14.8 Å². The number of anilines is 2. The molecule has 25 heavy (non-hydrogen) atoms. The smallest absolute Gasteiger partial charge is 0.341 e. The van der Waals surface area contributed by atoms with Crippen LogP contribution in [-0.2, 0) is 11.2 Å². The Bertz CT molecular complexity index is 922. The van der Waals surface area contributed by atoms with Gasteiger partial charge in [-0.1, -0.05) is 19.1 Å². The molecule has 0 atom stereocenters. The highest BCUT2D eigenvalue weighted by Gasteiger charge is 2.17. The number of pyridine rings is 2. The molecule has 0 radical (unpaired) electrons. The maximum Gasteiger partial charge on any atom is 0.341 e. The Morgan fingerprint density at radius 1 is 1.20 bits per heavy atom. The van der Waals surface area contributed by atoms with E-state index in [9.17, 15) is 4.79 Å². The lowest BCUT2D eigenvalue weighted by molar-refractivity contribution is 0.0527. The summed E-state index contributed by atoms with van der Waals surface area (Å²) in [5.41, 5.74) is 4.68. The molecular formula is C20H21N3O2. The third-order valence-corrected chi connectivity index (χ3v) is 3.97. The first-order chi connectivity index (χ1) is 12.1. The zero-order valence-electron chi connectivity index (χ0n) is 14.7. The van der Waals surface area contributed by atoms with Gasteiger partial charge in [-0.05, 0) is 50.1 Å². The summed E-state index contributed by atoms with van der Waals surface area (Å²) in [6.07, 6.45) is 2.47. The maximum atomic E-state index is 12.4. The van der Waals surface area contributed by atoms with Crippen LogP contribution in [0.15, 0.2) is 42.6 Å². The van der Waals surface area contributed by atoms with E-state index >= 15 is 0 Å². The first kappa shape index (κ1) is 16.9. The van der Waals surface area contributed by atoms with Gasteiger partial charge < -0.3 is 10.1 Å². The molecule has 2 aromatic heterocycles. The third-order valence-electron chi connectivity index (χ3n) is 3.97. The molecule has 5 nitrogen and oxygen atoms in total. The number of nitrogens with zero attached hydrogens (tertiary/aromatic N) is 2.